The molecule has 0 aliphatic rings. The normalized spacial score (nSPS) is 12.5. The minimum atomic E-state index is 0.470. The number of aromatic nitrogens is 2. The fraction of sp³-hybridized carbons (Fsp3) is 0.692. The van der Waals surface area contributed by atoms with Gasteiger partial charge in [0.2, 0.25) is 0 Å². The minimum absolute atomic E-state index is 0.470. The molecule has 0 aliphatic heterocycles. The third kappa shape index (κ3) is 4.32. The number of unbranched alkanes of at least 4 members (excludes halogenated alkanes) is 1. The number of thioether (sulfide) groups is 1. The van der Waals surface area contributed by atoms with E-state index in [0.29, 0.717) is 11.2 Å². The van der Waals surface area contributed by atoms with Crippen molar-refractivity contribution in [2.45, 2.75) is 51.2 Å². The van der Waals surface area contributed by atoms with Crippen molar-refractivity contribution < 1.29 is 0 Å². The molecule has 0 amide bonds. The van der Waals surface area contributed by atoms with Crippen LogP contribution >= 0.6 is 23.4 Å². The summed E-state index contributed by atoms with van der Waals surface area (Å²) in [5.41, 5.74) is 0. The van der Waals surface area contributed by atoms with Gasteiger partial charge in [0.25, 0.3) is 0 Å². The van der Waals surface area contributed by atoms with Gasteiger partial charge < -0.3 is 4.90 Å². The highest BCUT2D eigenvalue weighted by molar-refractivity contribution is 7.98. The lowest BCUT2D eigenvalue weighted by molar-refractivity contribution is 0.586. The quantitative estimate of drug-likeness (QED) is 0.426. The third-order valence-electron chi connectivity index (χ3n) is 3.01. The second-order valence-corrected chi connectivity index (χ2v) is 5.50. The first-order valence-electron chi connectivity index (χ1n) is 6.47. The first kappa shape index (κ1) is 15.6. The van der Waals surface area contributed by atoms with Crippen LogP contribution in [0.15, 0.2) is 11.2 Å². The van der Waals surface area contributed by atoms with E-state index in [0.717, 1.165) is 23.9 Å². The Labute approximate surface area is 119 Å². The second-order valence-electron chi connectivity index (χ2n) is 4.34. The Morgan fingerprint density at radius 3 is 2.67 bits per heavy atom. The van der Waals surface area contributed by atoms with Crippen LogP contribution in [0.5, 0.6) is 0 Å². The monoisotopic (exact) mass is 287 g/mol. The summed E-state index contributed by atoms with van der Waals surface area (Å²) in [6, 6.07) is 2.33. The molecule has 1 unspecified atom stereocenters. The third-order valence-corrected chi connectivity index (χ3v) is 3.75. The molecular formula is C13H22ClN3S. The summed E-state index contributed by atoms with van der Waals surface area (Å²) in [5.74, 6) is 0.946. The Bertz CT molecular complexity index is 373. The molecule has 0 bridgehead atoms. The van der Waals surface area contributed by atoms with E-state index in [1.165, 1.54) is 24.6 Å². The molecule has 0 spiro atoms. The van der Waals surface area contributed by atoms with Crippen molar-refractivity contribution in [3.8, 4) is 0 Å². The van der Waals surface area contributed by atoms with E-state index in [1.807, 2.05) is 12.3 Å². The van der Waals surface area contributed by atoms with Gasteiger partial charge in [-0.2, -0.15) is 0 Å². The zero-order valence-corrected chi connectivity index (χ0v) is 13.2. The van der Waals surface area contributed by atoms with E-state index in [2.05, 4.69) is 35.6 Å². The van der Waals surface area contributed by atoms with Gasteiger partial charge in [0.05, 0.1) is 0 Å². The number of rotatable bonds is 7. The fourth-order valence-electron chi connectivity index (χ4n) is 1.73. The van der Waals surface area contributed by atoms with Crippen LogP contribution in [0.2, 0.25) is 5.15 Å². The maximum absolute atomic E-state index is 6.06. The summed E-state index contributed by atoms with van der Waals surface area (Å²) in [4.78, 5) is 11.1. The minimum Gasteiger partial charge on any atom is -0.354 e. The van der Waals surface area contributed by atoms with Gasteiger partial charge >= 0.3 is 0 Å². The number of nitrogens with zero attached hydrogens (tertiary/aromatic N) is 3. The molecule has 1 aromatic rings. The van der Waals surface area contributed by atoms with Gasteiger partial charge in [-0.1, -0.05) is 43.6 Å². The Balaban J connectivity index is 2.99. The van der Waals surface area contributed by atoms with Gasteiger partial charge in [-0.3, -0.25) is 0 Å². The predicted molar refractivity (Wildman–Crippen MR) is 80.8 cm³/mol. The molecule has 0 aliphatic carbocycles. The van der Waals surface area contributed by atoms with Crippen molar-refractivity contribution in [1.82, 2.24) is 9.97 Å². The SMILES string of the molecule is CCCCN(c1cc(Cl)nc(SC)n1)C(C)CC. The molecular weight excluding hydrogens is 266 g/mol. The van der Waals surface area contributed by atoms with Gasteiger partial charge in [0.15, 0.2) is 5.16 Å². The maximum Gasteiger partial charge on any atom is 0.190 e. The summed E-state index contributed by atoms with van der Waals surface area (Å²) in [6.45, 7) is 7.65. The van der Waals surface area contributed by atoms with Crippen LogP contribution < -0.4 is 4.90 Å². The molecule has 0 aromatic carbocycles. The van der Waals surface area contributed by atoms with E-state index in [1.54, 1.807) is 0 Å². The van der Waals surface area contributed by atoms with Crippen LogP contribution in [0.25, 0.3) is 0 Å². The van der Waals surface area contributed by atoms with Gasteiger partial charge in [-0.05, 0) is 26.0 Å². The zero-order chi connectivity index (χ0) is 13.5. The van der Waals surface area contributed by atoms with Crippen molar-refractivity contribution >= 4 is 29.2 Å². The Hall–Kier alpha value is -0.480. The highest BCUT2D eigenvalue weighted by atomic mass is 35.5. The van der Waals surface area contributed by atoms with Gasteiger partial charge in [-0.15, -0.1) is 0 Å². The summed E-state index contributed by atoms with van der Waals surface area (Å²) in [7, 11) is 0. The predicted octanol–water partition coefficient (Wildman–Crippen LogP) is 4.26. The molecule has 0 saturated heterocycles. The van der Waals surface area contributed by atoms with Crippen LogP contribution in [-0.4, -0.2) is 28.8 Å². The molecule has 1 atom stereocenters. The first-order chi connectivity index (χ1) is 8.62. The van der Waals surface area contributed by atoms with Crippen molar-refractivity contribution in [3.05, 3.63) is 11.2 Å². The highest BCUT2D eigenvalue weighted by Crippen LogP contribution is 2.23. The van der Waals surface area contributed by atoms with Crippen LogP contribution in [0.3, 0.4) is 0 Å². The van der Waals surface area contributed by atoms with Crippen LogP contribution in [0.4, 0.5) is 5.82 Å². The van der Waals surface area contributed by atoms with Gasteiger partial charge in [0, 0.05) is 18.7 Å². The van der Waals surface area contributed by atoms with Crippen LogP contribution in [-0.2, 0) is 0 Å². The number of hydrogen-bond acceptors (Lipinski definition) is 4. The molecule has 5 heteroatoms. The molecule has 3 nitrogen and oxygen atoms in total. The lowest BCUT2D eigenvalue weighted by atomic mass is 10.2. The molecule has 102 valence electrons. The van der Waals surface area contributed by atoms with Crippen molar-refractivity contribution in [2.75, 3.05) is 17.7 Å². The summed E-state index contributed by atoms with van der Waals surface area (Å²) >= 11 is 7.59. The molecule has 0 radical (unpaired) electrons. The fourth-order valence-corrected chi connectivity index (χ4v) is 2.34. The average Bonchev–Trinajstić information content (AvgIpc) is 2.38. The van der Waals surface area contributed by atoms with Crippen molar-refractivity contribution in [2.24, 2.45) is 0 Å². The van der Waals surface area contributed by atoms with Crippen molar-refractivity contribution in [3.63, 3.8) is 0 Å². The maximum atomic E-state index is 6.06. The highest BCUT2D eigenvalue weighted by Gasteiger charge is 2.15. The van der Waals surface area contributed by atoms with Crippen LogP contribution in [0, 0.1) is 0 Å². The molecule has 1 heterocycles. The molecule has 0 N–H and O–H groups in total. The summed E-state index contributed by atoms with van der Waals surface area (Å²) in [5, 5.41) is 1.26. The van der Waals surface area contributed by atoms with Crippen LogP contribution in [0.1, 0.15) is 40.0 Å². The standard InChI is InChI=1S/C13H22ClN3S/c1-5-7-8-17(10(3)6-2)12-9-11(14)15-13(16-12)18-4/h9-10H,5-8H2,1-4H3. The van der Waals surface area contributed by atoms with E-state index < -0.39 is 0 Å². The van der Waals surface area contributed by atoms with Gasteiger partial charge in [-0.25, -0.2) is 9.97 Å². The molecule has 1 rings (SSSR count). The van der Waals surface area contributed by atoms with E-state index in [-0.39, 0.29) is 0 Å². The summed E-state index contributed by atoms with van der Waals surface area (Å²) in [6.07, 6.45) is 5.41. The Kier molecular flexibility index (Phi) is 6.79. The largest absolute Gasteiger partial charge is 0.354 e. The Morgan fingerprint density at radius 1 is 1.39 bits per heavy atom. The van der Waals surface area contributed by atoms with Crippen molar-refractivity contribution in [1.29, 1.82) is 0 Å². The molecule has 1 aromatic heterocycles. The smallest absolute Gasteiger partial charge is 0.190 e. The zero-order valence-electron chi connectivity index (χ0n) is 11.6. The number of hydrogen-bond donors (Lipinski definition) is 0. The Morgan fingerprint density at radius 2 is 2.11 bits per heavy atom. The molecule has 0 fully saturated rings. The average molecular weight is 288 g/mol. The number of halogens is 1. The molecule has 0 saturated carbocycles. The van der Waals surface area contributed by atoms with E-state index >= 15 is 0 Å². The van der Waals surface area contributed by atoms with E-state index in [4.69, 9.17) is 11.6 Å². The lowest BCUT2D eigenvalue weighted by Crippen LogP contribution is -2.34. The van der Waals surface area contributed by atoms with E-state index in [9.17, 15) is 0 Å². The van der Waals surface area contributed by atoms with Gasteiger partial charge in [0.1, 0.15) is 11.0 Å². The number of anilines is 1. The second kappa shape index (κ2) is 7.85. The topological polar surface area (TPSA) is 29.0 Å². The first-order valence-corrected chi connectivity index (χ1v) is 8.07. The summed E-state index contributed by atoms with van der Waals surface area (Å²) < 4.78 is 0. The molecule has 18 heavy (non-hydrogen) atoms. The lowest BCUT2D eigenvalue weighted by Gasteiger charge is -2.29.